The molecule has 1 heterocycles. The lowest BCUT2D eigenvalue weighted by atomic mass is 10.1. The fraction of sp³-hybridized carbons (Fsp3) is 0.185. The van der Waals surface area contributed by atoms with Crippen LogP contribution in [-0.4, -0.2) is 40.9 Å². The molecule has 0 aliphatic carbocycles. The van der Waals surface area contributed by atoms with Crippen molar-refractivity contribution in [1.82, 2.24) is 9.78 Å². The minimum absolute atomic E-state index is 0.0592. The fourth-order valence-electron chi connectivity index (χ4n) is 3.65. The Morgan fingerprint density at radius 1 is 0.947 bits per heavy atom. The molecule has 0 aliphatic rings. The molecule has 1 aromatic heterocycles. The first-order valence-corrected chi connectivity index (χ1v) is 11.3. The van der Waals surface area contributed by atoms with E-state index < -0.39 is 18.9 Å². The van der Waals surface area contributed by atoms with Crippen molar-refractivity contribution >= 4 is 5.97 Å². The molecule has 0 bridgehead atoms. The highest BCUT2D eigenvalue weighted by molar-refractivity contribution is 5.68. The molecule has 11 heteroatoms. The number of carboxylic acid groups (broad SMARTS) is 1. The zero-order valence-electron chi connectivity index (χ0n) is 20.4. The van der Waals surface area contributed by atoms with E-state index in [4.69, 9.17) is 19.3 Å². The number of nitrogens with zero attached hydrogens (tertiary/aromatic N) is 2. The number of carboxylic acids is 1. The summed E-state index contributed by atoms with van der Waals surface area (Å²) >= 11 is 0. The van der Waals surface area contributed by atoms with Gasteiger partial charge in [-0.1, -0.05) is 12.1 Å². The minimum atomic E-state index is -4.82. The van der Waals surface area contributed by atoms with E-state index in [0.717, 1.165) is 0 Å². The number of aromatic nitrogens is 2. The summed E-state index contributed by atoms with van der Waals surface area (Å²) in [6.45, 7) is 1.36. The first kappa shape index (κ1) is 26.4. The number of rotatable bonds is 10. The van der Waals surface area contributed by atoms with Crippen molar-refractivity contribution in [1.29, 1.82) is 0 Å². The molecule has 4 rings (SSSR count). The van der Waals surface area contributed by atoms with E-state index in [1.165, 1.54) is 18.2 Å². The summed E-state index contributed by atoms with van der Waals surface area (Å²) in [6.07, 6.45) is -4.82. The number of hydrogen-bond acceptors (Lipinski definition) is 6. The van der Waals surface area contributed by atoms with Crippen LogP contribution in [-0.2, 0) is 11.4 Å². The summed E-state index contributed by atoms with van der Waals surface area (Å²) < 4.78 is 60.4. The first-order chi connectivity index (χ1) is 18.1. The summed E-state index contributed by atoms with van der Waals surface area (Å²) in [6, 6.07) is 19.3. The van der Waals surface area contributed by atoms with Gasteiger partial charge in [-0.05, 0) is 73.2 Å². The Morgan fingerprint density at radius 3 is 2.34 bits per heavy atom. The zero-order valence-corrected chi connectivity index (χ0v) is 20.4. The van der Waals surface area contributed by atoms with Gasteiger partial charge in [-0.15, -0.1) is 13.2 Å². The van der Waals surface area contributed by atoms with Gasteiger partial charge >= 0.3 is 12.3 Å². The standard InChI is InChI=1S/C27H23F3N2O6/c1-17-12-22(10-11-25(17)37-16-26(33)34)36-15-19-14-24(18-4-3-5-23(13-18)38-27(28,29)30)32(31-19)20-6-8-21(35-2)9-7-20/h3-14H,15-16H2,1-2H3,(H,33,34). The van der Waals surface area contributed by atoms with Crippen LogP contribution in [0.2, 0.25) is 0 Å². The average molecular weight is 528 g/mol. The van der Waals surface area contributed by atoms with Gasteiger partial charge in [0.15, 0.2) is 6.61 Å². The van der Waals surface area contributed by atoms with Crippen LogP contribution in [0.25, 0.3) is 16.9 Å². The smallest absolute Gasteiger partial charge is 0.497 e. The van der Waals surface area contributed by atoms with Gasteiger partial charge in [0.2, 0.25) is 0 Å². The lowest BCUT2D eigenvalue weighted by Crippen LogP contribution is -2.17. The Balaban J connectivity index is 1.62. The third-order valence-corrected chi connectivity index (χ3v) is 5.32. The second-order valence-corrected chi connectivity index (χ2v) is 8.10. The van der Waals surface area contributed by atoms with Crippen molar-refractivity contribution in [3.05, 3.63) is 84.1 Å². The third kappa shape index (κ3) is 6.75. The molecule has 38 heavy (non-hydrogen) atoms. The van der Waals surface area contributed by atoms with Crippen molar-refractivity contribution in [3.63, 3.8) is 0 Å². The molecule has 0 aliphatic heterocycles. The second-order valence-electron chi connectivity index (χ2n) is 8.10. The normalized spacial score (nSPS) is 11.2. The zero-order chi connectivity index (χ0) is 27.3. The largest absolute Gasteiger partial charge is 0.573 e. The van der Waals surface area contributed by atoms with E-state index in [1.54, 1.807) is 73.3 Å². The van der Waals surface area contributed by atoms with E-state index in [1.807, 2.05) is 0 Å². The molecule has 198 valence electrons. The first-order valence-electron chi connectivity index (χ1n) is 11.3. The van der Waals surface area contributed by atoms with Gasteiger partial charge in [-0.2, -0.15) is 5.10 Å². The molecule has 0 saturated heterocycles. The predicted octanol–water partition coefficient (Wildman–Crippen LogP) is 5.80. The van der Waals surface area contributed by atoms with E-state index in [0.29, 0.717) is 45.5 Å². The van der Waals surface area contributed by atoms with Gasteiger partial charge in [0.1, 0.15) is 35.3 Å². The van der Waals surface area contributed by atoms with Crippen molar-refractivity contribution < 1.29 is 42.0 Å². The van der Waals surface area contributed by atoms with E-state index >= 15 is 0 Å². The second kappa shape index (κ2) is 11.2. The van der Waals surface area contributed by atoms with Crippen LogP contribution in [0.1, 0.15) is 11.3 Å². The fourth-order valence-corrected chi connectivity index (χ4v) is 3.65. The number of carbonyl (C=O) groups is 1. The number of methoxy groups -OCH3 is 1. The molecule has 0 saturated carbocycles. The summed E-state index contributed by atoms with van der Waals surface area (Å²) in [5, 5.41) is 13.4. The number of aryl methyl sites for hydroxylation is 1. The minimum Gasteiger partial charge on any atom is -0.497 e. The predicted molar refractivity (Wildman–Crippen MR) is 131 cm³/mol. The number of ether oxygens (including phenoxy) is 4. The van der Waals surface area contributed by atoms with E-state index in [2.05, 4.69) is 9.84 Å². The Hall–Kier alpha value is -4.67. The van der Waals surface area contributed by atoms with Crippen LogP contribution in [0, 0.1) is 6.92 Å². The van der Waals surface area contributed by atoms with E-state index in [-0.39, 0.29) is 12.4 Å². The quantitative estimate of drug-likeness (QED) is 0.278. The van der Waals surface area contributed by atoms with Gasteiger partial charge in [-0.25, -0.2) is 9.48 Å². The van der Waals surface area contributed by atoms with Crippen LogP contribution in [0.3, 0.4) is 0 Å². The molecule has 0 amide bonds. The van der Waals surface area contributed by atoms with Crippen molar-refractivity contribution in [2.24, 2.45) is 0 Å². The van der Waals surface area contributed by atoms with Gasteiger partial charge in [-0.3, -0.25) is 0 Å². The van der Waals surface area contributed by atoms with Gasteiger partial charge in [0, 0.05) is 5.56 Å². The Morgan fingerprint density at radius 2 is 1.68 bits per heavy atom. The topological polar surface area (TPSA) is 92.0 Å². The average Bonchev–Trinajstić information content (AvgIpc) is 3.30. The van der Waals surface area contributed by atoms with Crippen molar-refractivity contribution in [3.8, 4) is 39.9 Å². The number of benzene rings is 3. The highest BCUT2D eigenvalue weighted by atomic mass is 19.4. The molecule has 0 radical (unpaired) electrons. The SMILES string of the molecule is COc1ccc(-n2nc(COc3ccc(OCC(=O)O)c(C)c3)cc2-c2cccc(OC(F)(F)F)c2)cc1. The molecule has 0 fully saturated rings. The molecular weight excluding hydrogens is 505 g/mol. The summed E-state index contributed by atoms with van der Waals surface area (Å²) in [4.78, 5) is 10.7. The number of alkyl halides is 3. The van der Waals surface area contributed by atoms with Gasteiger partial charge < -0.3 is 24.1 Å². The molecule has 4 aromatic rings. The van der Waals surface area contributed by atoms with Crippen LogP contribution in [0.5, 0.6) is 23.0 Å². The molecule has 0 spiro atoms. The molecular formula is C27H23F3N2O6. The Kier molecular flexibility index (Phi) is 7.75. The highest BCUT2D eigenvalue weighted by Gasteiger charge is 2.31. The number of aliphatic carboxylic acids is 1. The highest BCUT2D eigenvalue weighted by Crippen LogP contribution is 2.31. The molecule has 3 aromatic carbocycles. The number of halogens is 3. The van der Waals surface area contributed by atoms with Crippen LogP contribution < -0.4 is 18.9 Å². The van der Waals surface area contributed by atoms with Crippen LogP contribution in [0.15, 0.2) is 72.8 Å². The van der Waals surface area contributed by atoms with Crippen molar-refractivity contribution in [2.75, 3.05) is 13.7 Å². The molecule has 1 N–H and O–H groups in total. The lowest BCUT2D eigenvalue weighted by Gasteiger charge is -2.11. The summed E-state index contributed by atoms with van der Waals surface area (Å²) in [7, 11) is 1.54. The maximum atomic E-state index is 12.8. The number of hydrogen-bond donors (Lipinski definition) is 1. The lowest BCUT2D eigenvalue weighted by molar-refractivity contribution is -0.274. The Bertz CT molecular complexity index is 1420. The maximum absolute atomic E-state index is 12.8. The monoisotopic (exact) mass is 528 g/mol. The van der Waals surface area contributed by atoms with Gasteiger partial charge in [0.05, 0.1) is 18.5 Å². The Labute approximate surface area is 215 Å². The summed E-state index contributed by atoms with van der Waals surface area (Å²) in [5.74, 6) is 0.134. The summed E-state index contributed by atoms with van der Waals surface area (Å²) in [5.41, 5.74) is 2.84. The molecule has 8 nitrogen and oxygen atoms in total. The molecule has 0 unspecified atom stereocenters. The van der Waals surface area contributed by atoms with Crippen LogP contribution >= 0.6 is 0 Å². The van der Waals surface area contributed by atoms with Crippen LogP contribution in [0.4, 0.5) is 13.2 Å². The third-order valence-electron chi connectivity index (χ3n) is 5.32. The molecule has 0 atom stereocenters. The van der Waals surface area contributed by atoms with E-state index in [9.17, 15) is 18.0 Å². The maximum Gasteiger partial charge on any atom is 0.573 e. The van der Waals surface area contributed by atoms with Gasteiger partial charge in [0.25, 0.3) is 0 Å². The van der Waals surface area contributed by atoms with Crippen molar-refractivity contribution in [2.45, 2.75) is 19.9 Å².